The van der Waals surface area contributed by atoms with Crippen LogP contribution in [0.4, 0.5) is 0 Å². The molecule has 1 amide bonds. The van der Waals surface area contributed by atoms with Crippen molar-refractivity contribution in [1.82, 2.24) is 5.32 Å². The van der Waals surface area contributed by atoms with Crippen LogP contribution in [0.25, 0.3) is 0 Å². The van der Waals surface area contributed by atoms with Gasteiger partial charge in [0.1, 0.15) is 12.6 Å². The number of hydrogen-bond acceptors (Lipinski definition) is 4. The molecule has 1 fully saturated rings. The molecule has 0 bridgehead atoms. The largest absolute Gasteiger partial charge is 0.461 e. The lowest BCUT2D eigenvalue weighted by molar-refractivity contribution is -0.150. The van der Waals surface area contributed by atoms with Crippen molar-refractivity contribution < 1.29 is 19.1 Å². The van der Waals surface area contributed by atoms with Gasteiger partial charge in [-0.25, -0.2) is 4.79 Å². The minimum atomic E-state index is -0.594. The van der Waals surface area contributed by atoms with Crippen molar-refractivity contribution in [3.63, 3.8) is 0 Å². The Labute approximate surface area is 89.1 Å². The van der Waals surface area contributed by atoms with Crippen molar-refractivity contribution in [2.45, 2.75) is 38.8 Å². The van der Waals surface area contributed by atoms with Crippen LogP contribution in [0.5, 0.6) is 0 Å². The van der Waals surface area contributed by atoms with Crippen LogP contribution in [-0.2, 0) is 19.1 Å². The maximum Gasteiger partial charge on any atom is 0.328 e. The maximum absolute atomic E-state index is 11.3. The third kappa shape index (κ3) is 4.29. The van der Waals surface area contributed by atoms with E-state index in [2.05, 4.69) is 5.32 Å². The molecule has 5 nitrogen and oxygen atoms in total. The van der Waals surface area contributed by atoms with E-state index in [-0.39, 0.29) is 18.6 Å². The molecular weight excluding hydrogens is 198 g/mol. The number of rotatable bonds is 4. The first kappa shape index (κ1) is 12.0. The minimum Gasteiger partial charge on any atom is -0.461 e. The van der Waals surface area contributed by atoms with Gasteiger partial charge in [0.2, 0.25) is 5.91 Å². The lowest BCUT2D eigenvalue weighted by Crippen LogP contribution is -2.39. The summed E-state index contributed by atoms with van der Waals surface area (Å²) in [5, 5.41) is 2.46. The highest BCUT2D eigenvalue weighted by Gasteiger charge is 2.20. The van der Waals surface area contributed by atoms with E-state index in [1.807, 2.05) is 0 Å². The molecule has 1 aliphatic heterocycles. The molecule has 0 aliphatic carbocycles. The SMILES string of the molecule is CC(=O)NC(C)C(=O)OCC1CCCO1. The molecule has 15 heavy (non-hydrogen) atoms. The molecule has 1 aliphatic rings. The van der Waals surface area contributed by atoms with E-state index in [1.54, 1.807) is 6.92 Å². The van der Waals surface area contributed by atoms with E-state index in [9.17, 15) is 9.59 Å². The van der Waals surface area contributed by atoms with E-state index in [0.717, 1.165) is 19.4 Å². The molecule has 0 saturated carbocycles. The Morgan fingerprint density at radius 2 is 2.33 bits per heavy atom. The first-order valence-corrected chi connectivity index (χ1v) is 5.15. The van der Waals surface area contributed by atoms with Crippen LogP contribution >= 0.6 is 0 Å². The molecule has 0 radical (unpaired) electrons. The summed E-state index contributed by atoms with van der Waals surface area (Å²) >= 11 is 0. The third-order valence-corrected chi connectivity index (χ3v) is 2.21. The Bertz CT molecular complexity index is 236. The molecule has 2 unspecified atom stereocenters. The lowest BCUT2D eigenvalue weighted by Gasteiger charge is -2.14. The molecule has 2 atom stereocenters. The summed E-state index contributed by atoms with van der Waals surface area (Å²) in [4.78, 5) is 22.0. The van der Waals surface area contributed by atoms with Crippen molar-refractivity contribution in [2.75, 3.05) is 13.2 Å². The molecule has 0 aromatic rings. The van der Waals surface area contributed by atoms with Crippen LogP contribution in [0, 0.1) is 0 Å². The fraction of sp³-hybridized carbons (Fsp3) is 0.800. The van der Waals surface area contributed by atoms with Gasteiger partial charge in [-0.2, -0.15) is 0 Å². The van der Waals surface area contributed by atoms with Crippen molar-refractivity contribution >= 4 is 11.9 Å². The fourth-order valence-electron chi connectivity index (χ4n) is 1.44. The van der Waals surface area contributed by atoms with E-state index < -0.39 is 12.0 Å². The zero-order valence-electron chi connectivity index (χ0n) is 9.12. The quantitative estimate of drug-likeness (QED) is 0.682. The number of carbonyl (C=O) groups excluding carboxylic acids is 2. The number of nitrogens with one attached hydrogen (secondary N) is 1. The Morgan fingerprint density at radius 3 is 2.87 bits per heavy atom. The van der Waals surface area contributed by atoms with Crippen LogP contribution in [0.2, 0.25) is 0 Å². The monoisotopic (exact) mass is 215 g/mol. The highest BCUT2D eigenvalue weighted by atomic mass is 16.6. The zero-order valence-corrected chi connectivity index (χ0v) is 9.12. The van der Waals surface area contributed by atoms with E-state index in [4.69, 9.17) is 9.47 Å². The van der Waals surface area contributed by atoms with Crippen molar-refractivity contribution in [3.05, 3.63) is 0 Å². The molecular formula is C10H17NO4. The Morgan fingerprint density at radius 1 is 1.60 bits per heavy atom. The summed E-state index contributed by atoms with van der Waals surface area (Å²) in [6.45, 7) is 3.98. The van der Waals surface area contributed by atoms with Crippen molar-refractivity contribution in [2.24, 2.45) is 0 Å². The Balaban J connectivity index is 2.19. The minimum absolute atomic E-state index is 0.0264. The topological polar surface area (TPSA) is 64.6 Å². The number of carbonyl (C=O) groups is 2. The van der Waals surface area contributed by atoms with Crippen molar-refractivity contribution in [3.8, 4) is 0 Å². The standard InChI is InChI=1S/C10H17NO4/c1-7(11-8(2)12)10(13)15-6-9-4-3-5-14-9/h7,9H,3-6H2,1-2H3,(H,11,12). The summed E-state index contributed by atoms with van der Waals surface area (Å²) in [6, 6.07) is -0.594. The average molecular weight is 215 g/mol. The summed E-state index contributed by atoms with van der Waals surface area (Å²) < 4.78 is 10.3. The number of esters is 1. The lowest BCUT2D eigenvalue weighted by atomic mass is 10.2. The molecule has 0 aromatic heterocycles. The number of ether oxygens (including phenoxy) is 2. The van der Waals surface area contributed by atoms with Gasteiger partial charge in [-0.3, -0.25) is 4.79 Å². The molecule has 0 aromatic carbocycles. The van der Waals surface area contributed by atoms with Gasteiger partial charge in [0.25, 0.3) is 0 Å². The van der Waals surface area contributed by atoms with Crippen LogP contribution in [0.15, 0.2) is 0 Å². The van der Waals surface area contributed by atoms with Gasteiger partial charge in [0, 0.05) is 13.5 Å². The molecule has 1 saturated heterocycles. The highest BCUT2D eigenvalue weighted by Crippen LogP contribution is 2.12. The number of hydrogen-bond donors (Lipinski definition) is 1. The normalized spacial score (nSPS) is 22.1. The molecule has 0 spiro atoms. The number of amides is 1. The molecule has 1 N–H and O–H groups in total. The summed E-state index contributed by atoms with van der Waals surface area (Å²) in [5.74, 6) is -0.655. The predicted octanol–water partition coefficient (Wildman–Crippen LogP) is 0.233. The second-order valence-corrected chi connectivity index (χ2v) is 3.69. The summed E-state index contributed by atoms with van der Waals surface area (Å²) in [5.41, 5.74) is 0. The Kier molecular flexibility index (Phi) is 4.55. The highest BCUT2D eigenvalue weighted by molar-refractivity contribution is 5.82. The maximum atomic E-state index is 11.3. The molecule has 5 heteroatoms. The van der Waals surface area contributed by atoms with Gasteiger partial charge < -0.3 is 14.8 Å². The summed E-state index contributed by atoms with van der Waals surface area (Å²) in [7, 11) is 0. The Hall–Kier alpha value is -1.10. The molecule has 1 heterocycles. The van der Waals surface area contributed by atoms with Crippen LogP contribution in [0.1, 0.15) is 26.7 Å². The predicted molar refractivity (Wildman–Crippen MR) is 53.2 cm³/mol. The van der Waals surface area contributed by atoms with Crippen LogP contribution in [-0.4, -0.2) is 37.2 Å². The second-order valence-electron chi connectivity index (χ2n) is 3.69. The molecule has 86 valence electrons. The van der Waals surface area contributed by atoms with Gasteiger partial charge in [-0.05, 0) is 19.8 Å². The van der Waals surface area contributed by atoms with Crippen LogP contribution in [0.3, 0.4) is 0 Å². The fourth-order valence-corrected chi connectivity index (χ4v) is 1.44. The molecule has 1 rings (SSSR count). The van der Waals surface area contributed by atoms with Gasteiger partial charge in [0.15, 0.2) is 0 Å². The van der Waals surface area contributed by atoms with Crippen LogP contribution < -0.4 is 5.32 Å². The smallest absolute Gasteiger partial charge is 0.328 e. The van der Waals surface area contributed by atoms with Gasteiger partial charge in [0.05, 0.1) is 6.10 Å². The first-order chi connectivity index (χ1) is 7.09. The van der Waals surface area contributed by atoms with Gasteiger partial charge in [-0.1, -0.05) is 0 Å². The zero-order chi connectivity index (χ0) is 11.3. The first-order valence-electron chi connectivity index (χ1n) is 5.15. The van der Waals surface area contributed by atoms with E-state index >= 15 is 0 Å². The average Bonchev–Trinajstić information content (AvgIpc) is 2.65. The van der Waals surface area contributed by atoms with Gasteiger partial charge >= 0.3 is 5.97 Å². The van der Waals surface area contributed by atoms with E-state index in [1.165, 1.54) is 6.92 Å². The van der Waals surface area contributed by atoms with E-state index in [0.29, 0.717) is 0 Å². The third-order valence-electron chi connectivity index (χ3n) is 2.21. The van der Waals surface area contributed by atoms with Gasteiger partial charge in [-0.15, -0.1) is 0 Å². The second kappa shape index (κ2) is 5.70. The summed E-state index contributed by atoms with van der Waals surface area (Å²) in [6.07, 6.45) is 1.98. The van der Waals surface area contributed by atoms with Crippen molar-refractivity contribution in [1.29, 1.82) is 0 Å².